The van der Waals surface area contributed by atoms with Gasteiger partial charge < -0.3 is 20.8 Å². The molecule has 0 fully saturated rings. The molecule has 0 saturated heterocycles. The molecule has 5 nitrogen and oxygen atoms in total. The molecule has 0 aliphatic rings. The largest absolute Gasteiger partial charge is 0.504 e. The molecule has 0 saturated carbocycles. The van der Waals surface area contributed by atoms with E-state index < -0.39 is 0 Å². The maximum Gasteiger partial charge on any atom is 0.251 e. The average Bonchev–Trinajstić information content (AvgIpc) is 2.49. The monoisotopic (exact) mass is 306 g/mol. The average molecular weight is 307 g/mol. The van der Waals surface area contributed by atoms with E-state index in [1.54, 1.807) is 31.3 Å². The molecule has 2 aromatic carbocycles. The van der Waals surface area contributed by atoms with E-state index in [4.69, 9.17) is 11.6 Å². The lowest BCUT2D eigenvalue weighted by Crippen LogP contribution is -2.17. The molecule has 0 unspecified atom stereocenters. The Hall–Kier alpha value is -2.40. The minimum atomic E-state index is -0.197. The number of hydrogen-bond acceptors (Lipinski definition) is 4. The summed E-state index contributed by atoms with van der Waals surface area (Å²) < 4.78 is 0. The highest BCUT2D eigenvalue weighted by molar-refractivity contribution is 6.33. The van der Waals surface area contributed by atoms with Gasteiger partial charge in [0, 0.05) is 19.2 Å². The summed E-state index contributed by atoms with van der Waals surface area (Å²) in [5.74, 6) is -0.546. The van der Waals surface area contributed by atoms with Crippen molar-refractivity contribution in [3.63, 3.8) is 0 Å². The van der Waals surface area contributed by atoms with Gasteiger partial charge in [-0.2, -0.15) is 0 Å². The molecule has 0 radical (unpaired) electrons. The maximum atomic E-state index is 11.6. The second kappa shape index (κ2) is 6.37. The highest BCUT2D eigenvalue weighted by atomic mass is 35.5. The van der Waals surface area contributed by atoms with Crippen molar-refractivity contribution in [2.75, 3.05) is 12.4 Å². The Bertz CT molecular complexity index is 674. The van der Waals surface area contributed by atoms with Crippen LogP contribution in [0.2, 0.25) is 5.02 Å². The third-order valence-corrected chi connectivity index (χ3v) is 3.31. The Morgan fingerprint density at radius 1 is 1.14 bits per heavy atom. The molecule has 6 heteroatoms. The summed E-state index contributed by atoms with van der Waals surface area (Å²) in [6, 6.07) is 9.48. The first-order valence-corrected chi connectivity index (χ1v) is 6.65. The van der Waals surface area contributed by atoms with Crippen molar-refractivity contribution >= 4 is 23.2 Å². The van der Waals surface area contributed by atoms with E-state index >= 15 is 0 Å². The molecule has 21 heavy (non-hydrogen) atoms. The zero-order chi connectivity index (χ0) is 15.4. The molecule has 2 rings (SSSR count). The number of aromatic hydroxyl groups is 2. The molecular formula is C15H15ClN2O3. The Kier molecular flexibility index (Phi) is 4.55. The summed E-state index contributed by atoms with van der Waals surface area (Å²) in [6.07, 6.45) is 0. The molecule has 0 heterocycles. The first-order valence-electron chi connectivity index (χ1n) is 6.27. The fourth-order valence-corrected chi connectivity index (χ4v) is 2.01. The van der Waals surface area contributed by atoms with E-state index in [1.165, 1.54) is 12.1 Å². The minimum Gasteiger partial charge on any atom is -0.504 e. The Morgan fingerprint density at radius 2 is 1.90 bits per heavy atom. The number of rotatable bonds is 4. The van der Waals surface area contributed by atoms with Crippen LogP contribution in [0.5, 0.6) is 11.5 Å². The first-order chi connectivity index (χ1) is 10.0. The summed E-state index contributed by atoms with van der Waals surface area (Å²) in [7, 11) is 1.56. The highest BCUT2D eigenvalue weighted by Crippen LogP contribution is 2.27. The summed E-state index contributed by atoms with van der Waals surface area (Å²) in [6.45, 7) is 0.394. The number of amides is 1. The molecular weight excluding hydrogens is 292 g/mol. The standard InChI is InChI=1S/C15H15ClN2O3/c1-17-15(21)10-3-4-11(16)12(7-10)18-8-9-2-5-13(19)14(20)6-9/h2-7,18-20H,8H2,1H3,(H,17,21). The van der Waals surface area contributed by atoms with E-state index in [1.807, 2.05) is 0 Å². The number of carbonyl (C=O) groups excluding carboxylic acids is 1. The molecule has 0 aromatic heterocycles. The van der Waals surface area contributed by atoms with Crippen molar-refractivity contribution in [2.24, 2.45) is 0 Å². The molecule has 0 aliphatic carbocycles. The van der Waals surface area contributed by atoms with Crippen LogP contribution in [0, 0.1) is 0 Å². The van der Waals surface area contributed by atoms with Crippen LogP contribution in [0.25, 0.3) is 0 Å². The van der Waals surface area contributed by atoms with Crippen LogP contribution in [-0.4, -0.2) is 23.2 Å². The number of hydrogen-bond donors (Lipinski definition) is 4. The number of phenolic OH excluding ortho intramolecular Hbond substituents is 2. The lowest BCUT2D eigenvalue weighted by molar-refractivity contribution is 0.0963. The van der Waals surface area contributed by atoms with Crippen LogP contribution < -0.4 is 10.6 Å². The molecule has 0 bridgehead atoms. The topological polar surface area (TPSA) is 81.6 Å². The number of phenols is 2. The molecule has 4 N–H and O–H groups in total. The van der Waals surface area contributed by atoms with Crippen molar-refractivity contribution in [3.05, 3.63) is 52.5 Å². The van der Waals surface area contributed by atoms with Gasteiger partial charge in [-0.15, -0.1) is 0 Å². The lowest BCUT2D eigenvalue weighted by atomic mass is 10.1. The highest BCUT2D eigenvalue weighted by Gasteiger charge is 2.08. The zero-order valence-electron chi connectivity index (χ0n) is 11.4. The van der Waals surface area contributed by atoms with Crippen molar-refractivity contribution in [2.45, 2.75) is 6.54 Å². The molecule has 0 aliphatic heterocycles. The third-order valence-electron chi connectivity index (χ3n) is 2.98. The van der Waals surface area contributed by atoms with E-state index in [0.717, 1.165) is 5.56 Å². The van der Waals surface area contributed by atoms with Gasteiger partial charge >= 0.3 is 0 Å². The van der Waals surface area contributed by atoms with Gasteiger partial charge in [-0.1, -0.05) is 17.7 Å². The van der Waals surface area contributed by atoms with Gasteiger partial charge in [-0.25, -0.2) is 0 Å². The number of nitrogens with one attached hydrogen (secondary N) is 2. The van der Waals surface area contributed by atoms with Gasteiger partial charge in [0.05, 0.1) is 10.7 Å². The summed E-state index contributed by atoms with van der Waals surface area (Å²) in [4.78, 5) is 11.6. The number of benzene rings is 2. The van der Waals surface area contributed by atoms with E-state index in [2.05, 4.69) is 10.6 Å². The molecule has 0 spiro atoms. The SMILES string of the molecule is CNC(=O)c1ccc(Cl)c(NCc2ccc(O)c(O)c2)c1. The Morgan fingerprint density at radius 3 is 2.57 bits per heavy atom. The fraction of sp³-hybridized carbons (Fsp3) is 0.133. The molecule has 0 atom stereocenters. The Balaban J connectivity index is 2.15. The molecule has 1 amide bonds. The van der Waals surface area contributed by atoms with E-state index in [0.29, 0.717) is 22.8 Å². The lowest BCUT2D eigenvalue weighted by Gasteiger charge is -2.11. The number of halogens is 1. The van der Waals surface area contributed by atoms with Crippen LogP contribution in [0.3, 0.4) is 0 Å². The summed E-state index contributed by atoms with van der Waals surface area (Å²) in [5, 5.41) is 24.8. The van der Waals surface area contributed by atoms with Crippen LogP contribution in [0.15, 0.2) is 36.4 Å². The maximum absolute atomic E-state index is 11.6. The van der Waals surface area contributed by atoms with Gasteiger partial charge in [0.2, 0.25) is 0 Å². The van der Waals surface area contributed by atoms with Gasteiger partial charge in [0.1, 0.15) is 0 Å². The fourth-order valence-electron chi connectivity index (χ4n) is 1.82. The predicted octanol–water partition coefficient (Wildman–Crippen LogP) is 2.72. The van der Waals surface area contributed by atoms with Crippen molar-refractivity contribution in [1.29, 1.82) is 0 Å². The van der Waals surface area contributed by atoms with Gasteiger partial charge in [-0.05, 0) is 35.9 Å². The van der Waals surface area contributed by atoms with Gasteiger partial charge in [0.15, 0.2) is 11.5 Å². The summed E-state index contributed by atoms with van der Waals surface area (Å²) >= 11 is 6.08. The van der Waals surface area contributed by atoms with Gasteiger partial charge in [0.25, 0.3) is 5.91 Å². The van der Waals surface area contributed by atoms with Crippen LogP contribution >= 0.6 is 11.6 Å². The second-order valence-electron chi connectivity index (χ2n) is 4.45. The minimum absolute atomic E-state index is 0.168. The van der Waals surface area contributed by atoms with Crippen LogP contribution in [0.4, 0.5) is 5.69 Å². The smallest absolute Gasteiger partial charge is 0.251 e. The van der Waals surface area contributed by atoms with Crippen LogP contribution in [-0.2, 0) is 6.54 Å². The predicted molar refractivity (Wildman–Crippen MR) is 81.9 cm³/mol. The van der Waals surface area contributed by atoms with E-state index in [9.17, 15) is 15.0 Å². The first kappa shape index (κ1) is 15.0. The zero-order valence-corrected chi connectivity index (χ0v) is 12.1. The number of carbonyl (C=O) groups is 1. The molecule has 2 aromatic rings. The van der Waals surface area contributed by atoms with Crippen molar-refractivity contribution in [1.82, 2.24) is 5.32 Å². The van der Waals surface area contributed by atoms with E-state index in [-0.39, 0.29) is 17.4 Å². The quantitative estimate of drug-likeness (QED) is 0.655. The van der Waals surface area contributed by atoms with Crippen LogP contribution in [0.1, 0.15) is 15.9 Å². The van der Waals surface area contributed by atoms with Crippen molar-refractivity contribution in [3.8, 4) is 11.5 Å². The Labute approximate surface area is 127 Å². The summed E-state index contributed by atoms with van der Waals surface area (Å²) in [5.41, 5.74) is 1.88. The van der Waals surface area contributed by atoms with Gasteiger partial charge in [-0.3, -0.25) is 4.79 Å². The molecule has 110 valence electrons. The third kappa shape index (κ3) is 3.58. The second-order valence-corrected chi connectivity index (χ2v) is 4.86. The normalized spacial score (nSPS) is 10.2. The van der Waals surface area contributed by atoms with Crippen molar-refractivity contribution < 1.29 is 15.0 Å². The number of anilines is 1.